The van der Waals surface area contributed by atoms with E-state index in [-0.39, 0.29) is 12.6 Å². The first-order valence-electron chi connectivity index (χ1n) is 9.49. The molecular formula is C20H18F8N2O2. The maximum absolute atomic E-state index is 14.7. The second kappa shape index (κ2) is 9.70. The van der Waals surface area contributed by atoms with Crippen molar-refractivity contribution in [3.63, 3.8) is 0 Å². The van der Waals surface area contributed by atoms with Gasteiger partial charge in [0.2, 0.25) is 0 Å². The highest BCUT2D eigenvalue weighted by molar-refractivity contribution is 5.52. The van der Waals surface area contributed by atoms with Crippen LogP contribution in [-0.2, 0) is 11.8 Å². The Kier molecular flexibility index (Phi) is 7.68. The molecule has 0 saturated carbocycles. The Bertz CT molecular complexity index is 969. The number of nitro groups is 1. The highest BCUT2D eigenvalue weighted by Gasteiger charge is 2.64. The van der Waals surface area contributed by atoms with Gasteiger partial charge in [-0.05, 0) is 12.5 Å². The molecule has 0 bridgehead atoms. The van der Waals surface area contributed by atoms with Gasteiger partial charge < -0.3 is 5.32 Å². The molecule has 2 aromatic carbocycles. The molecule has 0 heterocycles. The number of alkyl halides is 4. The Morgan fingerprint density at radius 1 is 0.875 bits per heavy atom. The van der Waals surface area contributed by atoms with Crippen LogP contribution in [0.25, 0.3) is 0 Å². The number of benzene rings is 2. The monoisotopic (exact) mass is 470 g/mol. The van der Waals surface area contributed by atoms with Gasteiger partial charge in [0.15, 0.2) is 23.3 Å². The van der Waals surface area contributed by atoms with E-state index >= 15 is 0 Å². The van der Waals surface area contributed by atoms with E-state index in [2.05, 4.69) is 0 Å². The Morgan fingerprint density at radius 3 is 1.97 bits per heavy atom. The molecule has 32 heavy (non-hydrogen) atoms. The minimum atomic E-state index is -5.88. The van der Waals surface area contributed by atoms with Crippen molar-refractivity contribution in [3.8, 4) is 0 Å². The third kappa shape index (κ3) is 4.49. The summed E-state index contributed by atoms with van der Waals surface area (Å²) in [5.74, 6) is -21.6. The first-order valence-corrected chi connectivity index (χ1v) is 9.49. The third-order valence-corrected chi connectivity index (χ3v) is 4.74. The molecule has 0 fully saturated rings. The summed E-state index contributed by atoms with van der Waals surface area (Å²) in [5.41, 5.74) is -7.63. The van der Waals surface area contributed by atoms with E-state index in [9.17, 15) is 45.2 Å². The normalized spacial score (nSPS) is 12.2. The molecule has 4 nitrogen and oxygen atoms in total. The molecule has 0 aromatic heterocycles. The molecule has 0 spiro atoms. The van der Waals surface area contributed by atoms with Crippen LogP contribution in [0.2, 0.25) is 0 Å². The van der Waals surface area contributed by atoms with Gasteiger partial charge >= 0.3 is 11.8 Å². The predicted molar refractivity (Wildman–Crippen MR) is 99.8 cm³/mol. The Balaban J connectivity index is 2.55. The quantitative estimate of drug-likeness (QED) is 0.133. The first-order chi connectivity index (χ1) is 14.9. The van der Waals surface area contributed by atoms with Gasteiger partial charge in [-0.15, -0.1) is 0 Å². The molecular weight excluding hydrogens is 452 g/mol. The summed E-state index contributed by atoms with van der Waals surface area (Å²) in [4.78, 5) is 9.53. The molecule has 0 atom stereocenters. The summed E-state index contributed by atoms with van der Waals surface area (Å²) < 4.78 is 116. The van der Waals surface area contributed by atoms with Gasteiger partial charge in [0, 0.05) is 12.6 Å². The number of hydrogen-bond donors (Lipinski definition) is 1. The highest BCUT2D eigenvalue weighted by Crippen LogP contribution is 2.53. The molecule has 0 radical (unpaired) electrons. The Morgan fingerprint density at radius 2 is 1.44 bits per heavy atom. The standard InChI is InChI=1S/C20H18F8N2O2/c1-2-3-4-7-10-29-18-16(23)14(21)13(15(22)17(18)24)20(27,28)19(25,26)11-8-5-6-9-12(11)30(31)32/h5-6,8-9,29H,2-4,7,10H2,1H3. The van der Waals surface area contributed by atoms with Gasteiger partial charge in [-0.2, -0.15) is 17.6 Å². The molecule has 2 aromatic rings. The van der Waals surface area contributed by atoms with Crippen molar-refractivity contribution in [2.24, 2.45) is 0 Å². The average molecular weight is 470 g/mol. The number of rotatable bonds is 10. The molecule has 0 amide bonds. The number of unbranched alkanes of at least 4 members (excludes halogenated alkanes) is 3. The van der Waals surface area contributed by atoms with E-state index < -0.39 is 62.5 Å². The number of nitrogens with zero attached hydrogens (tertiary/aromatic N) is 1. The number of anilines is 1. The SMILES string of the molecule is CCCCCCNc1c(F)c(F)c(C(F)(F)C(F)(F)c2ccccc2[N+](=O)[O-])c(F)c1F. The smallest absolute Gasteiger partial charge is 0.346 e. The molecule has 0 saturated heterocycles. The van der Waals surface area contributed by atoms with Gasteiger partial charge in [-0.25, -0.2) is 17.6 Å². The molecule has 176 valence electrons. The molecule has 0 aliphatic rings. The van der Waals surface area contributed by atoms with Crippen molar-refractivity contribution in [3.05, 3.63) is 68.8 Å². The first kappa shape index (κ1) is 25.3. The van der Waals surface area contributed by atoms with Crippen LogP contribution >= 0.6 is 0 Å². The lowest BCUT2D eigenvalue weighted by atomic mass is 9.93. The van der Waals surface area contributed by atoms with E-state index in [4.69, 9.17) is 0 Å². The van der Waals surface area contributed by atoms with Crippen molar-refractivity contribution >= 4 is 11.4 Å². The van der Waals surface area contributed by atoms with Gasteiger partial charge in [-0.1, -0.05) is 38.3 Å². The largest absolute Gasteiger partial charge is 0.380 e. The number of nitrogens with one attached hydrogen (secondary N) is 1. The van der Waals surface area contributed by atoms with Gasteiger partial charge in [0.05, 0.1) is 4.92 Å². The molecule has 0 unspecified atom stereocenters. The van der Waals surface area contributed by atoms with Crippen molar-refractivity contribution < 1.29 is 40.0 Å². The van der Waals surface area contributed by atoms with Crippen molar-refractivity contribution in [1.82, 2.24) is 0 Å². The zero-order chi connectivity index (χ0) is 24.3. The third-order valence-electron chi connectivity index (χ3n) is 4.74. The fraction of sp³-hybridized carbons (Fsp3) is 0.400. The summed E-state index contributed by atoms with van der Waals surface area (Å²) in [7, 11) is 0. The van der Waals surface area contributed by atoms with E-state index in [0.29, 0.717) is 18.9 Å². The van der Waals surface area contributed by atoms with Crippen molar-refractivity contribution in [1.29, 1.82) is 0 Å². The second-order valence-electron chi connectivity index (χ2n) is 6.92. The van der Waals surface area contributed by atoms with Crippen LogP contribution in [0.3, 0.4) is 0 Å². The van der Waals surface area contributed by atoms with E-state index in [1.54, 1.807) is 0 Å². The van der Waals surface area contributed by atoms with Crippen molar-refractivity contribution in [2.75, 3.05) is 11.9 Å². The topological polar surface area (TPSA) is 55.2 Å². The zero-order valence-corrected chi connectivity index (χ0v) is 16.6. The Labute approximate surface area is 177 Å². The van der Waals surface area contributed by atoms with Crippen LogP contribution in [0.1, 0.15) is 43.7 Å². The highest BCUT2D eigenvalue weighted by atomic mass is 19.3. The molecule has 2 rings (SSSR count). The summed E-state index contributed by atoms with van der Waals surface area (Å²) in [6.07, 6.45) is 2.53. The molecule has 0 aliphatic heterocycles. The fourth-order valence-electron chi connectivity index (χ4n) is 3.05. The lowest BCUT2D eigenvalue weighted by molar-refractivity contribution is -0.388. The maximum atomic E-state index is 14.7. The van der Waals surface area contributed by atoms with Gasteiger partial charge in [-0.3, -0.25) is 10.1 Å². The lowest BCUT2D eigenvalue weighted by Gasteiger charge is -2.28. The van der Waals surface area contributed by atoms with Crippen LogP contribution in [0, 0.1) is 33.4 Å². The number of para-hydroxylation sites is 1. The van der Waals surface area contributed by atoms with E-state index in [1.165, 1.54) is 0 Å². The average Bonchev–Trinajstić information content (AvgIpc) is 2.74. The minimum absolute atomic E-state index is 0.158. The zero-order valence-electron chi connectivity index (χ0n) is 16.6. The van der Waals surface area contributed by atoms with Crippen LogP contribution in [0.15, 0.2) is 24.3 Å². The number of halogens is 8. The number of hydrogen-bond acceptors (Lipinski definition) is 3. The number of nitro benzene ring substituents is 1. The van der Waals surface area contributed by atoms with Crippen LogP contribution < -0.4 is 5.32 Å². The van der Waals surface area contributed by atoms with Crippen LogP contribution in [0.5, 0.6) is 0 Å². The second-order valence-corrected chi connectivity index (χ2v) is 6.92. The summed E-state index contributed by atoms with van der Waals surface area (Å²) in [5, 5.41) is 13.0. The molecule has 1 N–H and O–H groups in total. The minimum Gasteiger partial charge on any atom is -0.380 e. The van der Waals surface area contributed by atoms with Crippen LogP contribution in [0.4, 0.5) is 46.5 Å². The van der Waals surface area contributed by atoms with E-state index in [0.717, 1.165) is 25.0 Å². The fourth-order valence-corrected chi connectivity index (χ4v) is 3.05. The summed E-state index contributed by atoms with van der Waals surface area (Å²) >= 11 is 0. The molecule has 0 aliphatic carbocycles. The van der Waals surface area contributed by atoms with E-state index in [1.807, 2.05) is 12.2 Å². The predicted octanol–water partition coefficient (Wildman–Crippen LogP) is 7.03. The summed E-state index contributed by atoms with van der Waals surface area (Å²) in [6.45, 7) is 1.73. The Hall–Kier alpha value is -2.92. The van der Waals surface area contributed by atoms with Crippen molar-refractivity contribution in [2.45, 2.75) is 44.5 Å². The lowest BCUT2D eigenvalue weighted by Crippen LogP contribution is -2.38. The van der Waals surface area contributed by atoms with Gasteiger partial charge in [0.1, 0.15) is 16.8 Å². The maximum Gasteiger partial charge on any atom is 0.346 e. The van der Waals surface area contributed by atoms with Gasteiger partial charge in [0.25, 0.3) is 5.69 Å². The molecule has 12 heteroatoms. The summed E-state index contributed by atoms with van der Waals surface area (Å²) in [6, 6.07) is 2.38. The van der Waals surface area contributed by atoms with Crippen LogP contribution in [-0.4, -0.2) is 11.5 Å².